The van der Waals surface area contributed by atoms with Gasteiger partial charge in [0, 0.05) is 5.69 Å². The van der Waals surface area contributed by atoms with Crippen LogP contribution in [0.1, 0.15) is 12.5 Å². The van der Waals surface area contributed by atoms with Crippen LogP contribution in [0, 0.1) is 0 Å². The summed E-state index contributed by atoms with van der Waals surface area (Å²) in [5, 5.41) is 11.6. The normalized spacial score (nSPS) is 19.2. The predicted molar refractivity (Wildman–Crippen MR) is 63.1 cm³/mol. The van der Waals surface area contributed by atoms with Crippen LogP contribution in [0.3, 0.4) is 0 Å². The Labute approximate surface area is 99.0 Å². The average molecular weight is 234 g/mol. The number of para-hydroxylation sites is 1. The molecule has 5 heteroatoms. The maximum Gasteiger partial charge on any atom is 0.328 e. The number of aryl methyl sites for hydroxylation is 1. The van der Waals surface area contributed by atoms with Gasteiger partial charge < -0.3 is 10.4 Å². The lowest BCUT2D eigenvalue weighted by Crippen LogP contribution is -2.40. The Kier molecular flexibility index (Phi) is 2.99. The van der Waals surface area contributed by atoms with Crippen molar-refractivity contribution in [2.45, 2.75) is 19.4 Å². The molecule has 2 N–H and O–H groups in total. The zero-order valence-corrected chi connectivity index (χ0v) is 9.51. The zero-order chi connectivity index (χ0) is 12.4. The van der Waals surface area contributed by atoms with E-state index < -0.39 is 12.0 Å². The van der Waals surface area contributed by atoms with Gasteiger partial charge in [-0.1, -0.05) is 25.1 Å². The summed E-state index contributed by atoms with van der Waals surface area (Å²) in [5.41, 5.74) is 1.65. The molecule has 5 nitrogen and oxygen atoms in total. The number of nitrogens with zero attached hydrogens (tertiary/aromatic N) is 1. The van der Waals surface area contributed by atoms with Crippen molar-refractivity contribution >= 4 is 17.7 Å². The molecule has 17 heavy (non-hydrogen) atoms. The van der Waals surface area contributed by atoms with Crippen molar-refractivity contribution in [3.8, 4) is 0 Å². The summed E-state index contributed by atoms with van der Waals surface area (Å²) in [6.45, 7) is 2.12. The van der Waals surface area contributed by atoms with Crippen LogP contribution in [0.25, 0.3) is 0 Å². The van der Waals surface area contributed by atoms with Crippen LogP contribution in [-0.2, 0) is 11.2 Å². The summed E-state index contributed by atoms with van der Waals surface area (Å²) in [5.74, 6) is -0.991. The van der Waals surface area contributed by atoms with E-state index >= 15 is 0 Å². The van der Waals surface area contributed by atoms with Gasteiger partial charge in [0.1, 0.15) is 0 Å². The number of carbonyl (C=O) groups is 2. The number of urea groups is 1. The number of amides is 2. The first kappa shape index (κ1) is 11.4. The van der Waals surface area contributed by atoms with E-state index in [2.05, 4.69) is 5.32 Å². The minimum absolute atomic E-state index is 0.145. The largest absolute Gasteiger partial charge is 0.480 e. The van der Waals surface area contributed by atoms with E-state index in [0.717, 1.165) is 12.0 Å². The van der Waals surface area contributed by atoms with E-state index in [0.29, 0.717) is 5.69 Å². The molecule has 1 aliphatic heterocycles. The number of aliphatic carboxylic acids is 1. The molecule has 1 heterocycles. The zero-order valence-electron chi connectivity index (χ0n) is 9.51. The summed E-state index contributed by atoms with van der Waals surface area (Å²) in [6, 6.07) is 6.19. The topological polar surface area (TPSA) is 69.6 Å². The second-order valence-electron chi connectivity index (χ2n) is 3.89. The van der Waals surface area contributed by atoms with Gasteiger partial charge in [0.25, 0.3) is 0 Å². The Morgan fingerprint density at radius 3 is 2.88 bits per heavy atom. The molecule has 1 saturated heterocycles. The van der Waals surface area contributed by atoms with Crippen LogP contribution in [0.15, 0.2) is 24.3 Å². The van der Waals surface area contributed by atoms with Crippen LogP contribution < -0.4 is 10.2 Å². The molecule has 0 radical (unpaired) electrons. The van der Waals surface area contributed by atoms with Crippen molar-refractivity contribution < 1.29 is 14.7 Å². The average Bonchev–Trinajstić information content (AvgIpc) is 2.71. The third kappa shape index (κ3) is 1.95. The van der Waals surface area contributed by atoms with Gasteiger partial charge in [0.15, 0.2) is 6.04 Å². The van der Waals surface area contributed by atoms with Crippen molar-refractivity contribution in [2.24, 2.45) is 0 Å². The maximum atomic E-state index is 11.7. The van der Waals surface area contributed by atoms with E-state index in [1.54, 1.807) is 12.1 Å². The number of benzene rings is 1. The smallest absolute Gasteiger partial charge is 0.328 e. The molecular formula is C12H14N2O3. The summed E-state index contributed by atoms with van der Waals surface area (Å²) < 4.78 is 0. The fourth-order valence-corrected chi connectivity index (χ4v) is 2.02. The van der Waals surface area contributed by atoms with Crippen molar-refractivity contribution in [1.82, 2.24) is 5.32 Å². The SMILES string of the molecule is CCc1ccccc1N1C(=O)NCC1C(=O)O. The number of anilines is 1. The summed E-state index contributed by atoms with van der Waals surface area (Å²) in [7, 11) is 0. The number of rotatable bonds is 3. The fraction of sp³-hybridized carbons (Fsp3) is 0.333. The highest BCUT2D eigenvalue weighted by Gasteiger charge is 2.37. The minimum atomic E-state index is -0.991. The Bertz CT molecular complexity index is 459. The second-order valence-corrected chi connectivity index (χ2v) is 3.89. The Hall–Kier alpha value is -2.04. The van der Waals surface area contributed by atoms with Gasteiger partial charge in [0.05, 0.1) is 6.54 Å². The van der Waals surface area contributed by atoms with E-state index in [1.807, 2.05) is 19.1 Å². The lowest BCUT2D eigenvalue weighted by atomic mass is 10.1. The Morgan fingerprint density at radius 1 is 1.53 bits per heavy atom. The monoisotopic (exact) mass is 234 g/mol. The highest BCUT2D eigenvalue weighted by Crippen LogP contribution is 2.25. The lowest BCUT2D eigenvalue weighted by Gasteiger charge is -2.22. The molecule has 2 amide bonds. The first-order chi connectivity index (χ1) is 8.15. The number of carbonyl (C=O) groups excluding carboxylic acids is 1. The van der Waals surface area contributed by atoms with Gasteiger partial charge in [-0.3, -0.25) is 4.90 Å². The van der Waals surface area contributed by atoms with E-state index in [4.69, 9.17) is 5.11 Å². The highest BCUT2D eigenvalue weighted by atomic mass is 16.4. The predicted octanol–water partition coefficient (Wildman–Crippen LogP) is 1.23. The lowest BCUT2D eigenvalue weighted by molar-refractivity contribution is -0.137. The summed E-state index contributed by atoms with van der Waals surface area (Å²) in [6.07, 6.45) is 0.756. The van der Waals surface area contributed by atoms with Crippen LogP contribution in [0.2, 0.25) is 0 Å². The summed E-state index contributed by atoms with van der Waals surface area (Å²) in [4.78, 5) is 24.1. The molecule has 0 aromatic heterocycles. The number of nitrogens with one attached hydrogen (secondary N) is 1. The van der Waals surface area contributed by atoms with Crippen LogP contribution in [0.4, 0.5) is 10.5 Å². The maximum absolute atomic E-state index is 11.7. The fourth-order valence-electron chi connectivity index (χ4n) is 2.02. The first-order valence-corrected chi connectivity index (χ1v) is 5.53. The van der Waals surface area contributed by atoms with Crippen LogP contribution in [0.5, 0.6) is 0 Å². The van der Waals surface area contributed by atoms with Crippen molar-refractivity contribution in [1.29, 1.82) is 0 Å². The van der Waals surface area contributed by atoms with Crippen molar-refractivity contribution in [2.75, 3.05) is 11.4 Å². The first-order valence-electron chi connectivity index (χ1n) is 5.53. The molecule has 1 atom stereocenters. The van der Waals surface area contributed by atoms with Gasteiger partial charge in [-0.2, -0.15) is 0 Å². The number of carboxylic acid groups (broad SMARTS) is 1. The van der Waals surface area contributed by atoms with Crippen molar-refractivity contribution in [3.05, 3.63) is 29.8 Å². The van der Waals surface area contributed by atoms with Gasteiger partial charge in [-0.25, -0.2) is 9.59 Å². The molecule has 0 spiro atoms. The molecule has 0 aliphatic carbocycles. The molecule has 1 unspecified atom stereocenters. The van der Waals surface area contributed by atoms with Crippen LogP contribution >= 0.6 is 0 Å². The quantitative estimate of drug-likeness (QED) is 0.826. The molecule has 1 aromatic carbocycles. The van der Waals surface area contributed by atoms with E-state index in [-0.39, 0.29) is 12.6 Å². The molecule has 0 saturated carbocycles. The van der Waals surface area contributed by atoms with Gasteiger partial charge in [-0.05, 0) is 18.1 Å². The van der Waals surface area contributed by atoms with Crippen molar-refractivity contribution in [3.63, 3.8) is 0 Å². The molecule has 1 aromatic rings. The van der Waals surface area contributed by atoms with Gasteiger partial charge in [-0.15, -0.1) is 0 Å². The Morgan fingerprint density at radius 2 is 2.24 bits per heavy atom. The Balaban J connectivity index is 2.43. The number of hydrogen-bond acceptors (Lipinski definition) is 2. The molecule has 1 aliphatic rings. The third-order valence-corrected chi connectivity index (χ3v) is 2.89. The molecular weight excluding hydrogens is 220 g/mol. The third-order valence-electron chi connectivity index (χ3n) is 2.89. The standard InChI is InChI=1S/C12H14N2O3/c1-2-8-5-3-4-6-9(8)14-10(11(15)16)7-13-12(14)17/h3-6,10H,2,7H2,1H3,(H,13,17)(H,15,16). The second kappa shape index (κ2) is 4.45. The van der Waals surface area contributed by atoms with E-state index in [1.165, 1.54) is 4.90 Å². The molecule has 90 valence electrons. The minimum Gasteiger partial charge on any atom is -0.480 e. The molecule has 2 rings (SSSR count). The number of carboxylic acids is 1. The molecule has 1 fully saturated rings. The van der Waals surface area contributed by atoms with E-state index in [9.17, 15) is 9.59 Å². The number of hydrogen-bond donors (Lipinski definition) is 2. The highest BCUT2D eigenvalue weighted by molar-refractivity contribution is 6.01. The summed E-state index contributed by atoms with van der Waals surface area (Å²) >= 11 is 0. The van der Waals surface area contributed by atoms with Crippen LogP contribution in [-0.4, -0.2) is 29.7 Å². The van der Waals surface area contributed by atoms with Gasteiger partial charge in [0.2, 0.25) is 0 Å². The molecule has 0 bridgehead atoms. The van der Waals surface area contributed by atoms with Gasteiger partial charge >= 0.3 is 12.0 Å².